The molecule has 0 aromatic heterocycles. The molecule has 0 radical (unpaired) electrons. The third-order valence-corrected chi connectivity index (χ3v) is 2.03. The molecule has 1 aromatic rings. The number of nitrogens with one attached hydrogen (secondary N) is 1. The van der Waals surface area contributed by atoms with Crippen molar-refractivity contribution in [2.45, 2.75) is 19.4 Å². The van der Waals surface area contributed by atoms with Gasteiger partial charge in [-0.05, 0) is 18.5 Å². The van der Waals surface area contributed by atoms with Crippen molar-refractivity contribution < 1.29 is 5.11 Å². The molecule has 2 N–H and O–H groups in total. The van der Waals surface area contributed by atoms with Crippen LogP contribution >= 0.6 is 0 Å². The summed E-state index contributed by atoms with van der Waals surface area (Å²) in [5.41, 5.74) is 1.15. The van der Waals surface area contributed by atoms with Gasteiger partial charge in [-0.25, -0.2) is 0 Å². The van der Waals surface area contributed by atoms with Crippen molar-refractivity contribution in [3.8, 4) is 0 Å². The molecule has 0 spiro atoms. The fourth-order valence-electron chi connectivity index (χ4n) is 1.29. The van der Waals surface area contributed by atoms with E-state index in [9.17, 15) is 0 Å². The number of hydrogen-bond acceptors (Lipinski definition) is 2. The standard InChI is InChI=1S/C11H17NO/c1-2-8-12-11(9-13)10-6-4-3-5-7-10/h3-7,11-13H,2,8-9H2,1H3/t11-/m0/s1. The Morgan fingerprint density at radius 3 is 2.54 bits per heavy atom. The Morgan fingerprint density at radius 1 is 1.31 bits per heavy atom. The molecule has 0 heterocycles. The second-order valence-corrected chi connectivity index (χ2v) is 3.10. The first kappa shape index (κ1) is 10.2. The lowest BCUT2D eigenvalue weighted by Gasteiger charge is -2.15. The zero-order chi connectivity index (χ0) is 9.52. The average molecular weight is 179 g/mol. The quantitative estimate of drug-likeness (QED) is 0.721. The molecule has 13 heavy (non-hydrogen) atoms. The minimum atomic E-state index is 0.0844. The Hall–Kier alpha value is -0.860. The highest BCUT2D eigenvalue weighted by molar-refractivity contribution is 5.18. The molecule has 72 valence electrons. The van der Waals surface area contributed by atoms with Gasteiger partial charge in [-0.15, -0.1) is 0 Å². The van der Waals surface area contributed by atoms with Crippen LogP contribution in [0.3, 0.4) is 0 Å². The molecular formula is C11H17NO. The van der Waals surface area contributed by atoms with Gasteiger partial charge in [-0.2, -0.15) is 0 Å². The highest BCUT2D eigenvalue weighted by Gasteiger charge is 2.06. The van der Waals surface area contributed by atoms with Crippen LogP contribution in [0.25, 0.3) is 0 Å². The Labute approximate surface area is 79.6 Å². The van der Waals surface area contributed by atoms with Crippen LogP contribution in [0.5, 0.6) is 0 Å². The van der Waals surface area contributed by atoms with Crippen LogP contribution in [0.1, 0.15) is 24.9 Å². The second kappa shape index (κ2) is 5.73. The third kappa shape index (κ3) is 3.17. The Kier molecular flexibility index (Phi) is 4.50. The van der Waals surface area contributed by atoms with E-state index in [4.69, 9.17) is 5.11 Å². The van der Waals surface area contributed by atoms with Crippen molar-refractivity contribution in [2.75, 3.05) is 13.2 Å². The van der Waals surface area contributed by atoms with Crippen molar-refractivity contribution in [1.82, 2.24) is 5.32 Å². The maximum absolute atomic E-state index is 9.14. The molecule has 0 aliphatic heterocycles. The number of rotatable bonds is 5. The molecule has 0 aliphatic rings. The zero-order valence-electron chi connectivity index (χ0n) is 8.03. The van der Waals surface area contributed by atoms with Gasteiger partial charge < -0.3 is 10.4 Å². The van der Waals surface area contributed by atoms with Crippen LogP contribution in [0.15, 0.2) is 30.3 Å². The summed E-state index contributed by atoms with van der Waals surface area (Å²) < 4.78 is 0. The van der Waals surface area contributed by atoms with Gasteiger partial charge in [-0.1, -0.05) is 37.3 Å². The highest BCUT2D eigenvalue weighted by atomic mass is 16.3. The fraction of sp³-hybridized carbons (Fsp3) is 0.455. The Morgan fingerprint density at radius 2 is 2.00 bits per heavy atom. The second-order valence-electron chi connectivity index (χ2n) is 3.10. The van der Waals surface area contributed by atoms with Gasteiger partial charge in [0.05, 0.1) is 12.6 Å². The molecule has 0 saturated carbocycles. The molecule has 0 saturated heterocycles. The van der Waals surface area contributed by atoms with Crippen LogP contribution < -0.4 is 5.32 Å². The SMILES string of the molecule is CCCN[C@@H](CO)c1ccccc1. The number of hydrogen-bond donors (Lipinski definition) is 2. The largest absolute Gasteiger partial charge is 0.394 e. The van der Waals surface area contributed by atoms with Crippen LogP contribution in [0, 0.1) is 0 Å². The summed E-state index contributed by atoms with van der Waals surface area (Å²) in [6.45, 7) is 3.22. The van der Waals surface area contributed by atoms with Crippen molar-refractivity contribution in [1.29, 1.82) is 0 Å². The molecule has 1 atom stereocenters. The summed E-state index contributed by atoms with van der Waals surface area (Å²) in [5.74, 6) is 0. The third-order valence-electron chi connectivity index (χ3n) is 2.03. The van der Waals surface area contributed by atoms with Gasteiger partial charge in [0.1, 0.15) is 0 Å². The van der Waals surface area contributed by atoms with Crippen molar-refractivity contribution in [3.05, 3.63) is 35.9 Å². The van der Waals surface area contributed by atoms with Crippen molar-refractivity contribution in [3.63, 3.8) is 0 Å². The number of aliphatic hydroxyl groups excluding tert-OH is 1. The smallest absolute Gasteiger partial charge is 0.0626 e. The van der Waals surface area contributed by atoms with Crippen LogP contribution in [-0.4, -0.2) is 18.3 Å². The first-order chi connectivity index (χ1) is 6.38. The maximum Gasteiger partial charge on any atom is 0.0626 e. The minimum absolute atomic E-state index is 0.0844. The monoisotopic (exact) mass is 179 g/mol. The van der Waals surface area contributed by atoms with Crippen LogP contribution in [-0.2, 0) is 0 Å². The lowest BCUT2D eigenvalue weighted by molar-refractivity contribution is 0.245. The lowest BCUT2D eigenvalue weighted by atomic mass is 10.1. The molecular weight excluding hydrogens is 162 g/mol. The van der Waals surface area contributed by atoms with E-state index in [1.807, 2.05) is 30.3 Å². The average Bonchev–Trinajstić information content (AvgIpc) is 2.21. The van der Waals surface area contributed by atoms with Gasteiger partial charge in [0.2, 0.25) is 0 Å². The first-order valence-corrected chi connectivity index (χ1v) is 4.77. The topological polar surface area (TPSA) is 32.3 Å². The molecule has 2 heteroatoms. The van der Waals surface area contributed by atoms with Crippen LogP contribution in [0.4, 0.5) is 0 Å². The predicted octanol–water partition coefficient (Wildman–Crippen LogP) is 1.72. The van der Waals surface area contributed by atoms with Crippen molar-refractivity contribution in [2.24, 2.45) is 0 Å². The zero-order valence-corrected chi connectivity index (χ0v) is 8.03. The summed E-state index contributed by atoms with van der Waals surface area (Å²) >= 11 is 0. The summed E-state index contributed by atoms with van der Waals surface area (Å²) in [7, 11) is 0. The van der Waals surface area contributed by atoms with Gasteiger partial charge in [0, 0.05) is 0 Å². The summed E-state index contributed by atoms with van der Waals surface area (Å²) in [6, 6.07) is 10.1. The van der Waals surface area contributed by atoms with E-state index in [2.05, 4.69) is 12.2 Å². The number of aliphatic hydroxyl groups is 1. The van der Waals surface area contributed by atoms with E-state index < -0.39 is 0 Å². The van der Waals surface area contributed by atoms with Gasteiger partial charge in [0.15, 0.2) is 0 Å². The summed E-state index contributed by atoms with van der Waals surface area (Å²) in [6.07, 6.45) is 1.09. The molecule has 0 aliphatic carbocycles. The maximum atomic E-state index is 9.14. The summed E-state index contributed by atoms with van der Waals surface area (Å²) in [5, 5.41) is 12.4. The van der Waals surface area contributed by atoms with E-state index in [1.165, 1.54) is 0 Å². The highest BCUT2D eigenvalue weighted by Crippen LogP contribution is 2.10. The van der Waals surface area contributed by atoms with E-state index >= 15 is 0 Å². The molecule has 0 amide bonds. The normalized spacial score (nSPS) is 12.8. The van der Waals surface area contributed by atoms with E-state index in [1.54, 1.807) is 0 Å². The Bertz CT molecular complexity index is 223. The van der Waals surface area contributed by atoms with Gasteiger partial charge >= 0.3 is 0 Å². The molecule has 0 fully saturated rings. The molecule has 0 unspecified atom stereocenters. The molecule has 2 nitrogen and oxygen atoms in total. The molecule has 0 bridgehead atoms. The molecule has 1 aromatic carbocycles. The summed E-state index contributed by atoms with van der Waals surface area (Å²) in [4.78, 5) is 0. The van der Waals surface area contributed by atoms with Gasteiger partial charge in [0.25, 0.3) is 0 Å². The first-order valence-electron chi connectivity index (χ1n) is 4.77. The fourth-order valence-corrected chi connectivity index (χ4v) is 1.29. The Balaban J connectivity index is 2.56. The molecule has 1 rings (SSSR count). The van der Waals surface area contributed by atoms with Crippen molar-refractivity contribution >= 4 is 0 Å². The lowest BCUT2D eigenvalue weighted by Crippen LogP contribution is -2.24. The van der Waals surface area contributed by atoms with E-state index in [-0.39, 0.29) is 12.6 Å². The van der Waals surface area contributed by atoms with Crippen LogP contribution in [0.2, 0.25) is 0 Å². The number of benzene rings is 1. The minimum Gasteiger partial charge on any atom is -0.394 e. The predicted molar refractivity (Wildman–Crippen MR) is 54.6 cm³/mol. The van der Waals surface area contributed by atoms with Gasteiger partial charge in [-0.3, -0.25) is 0 Å². The van der Waals surface area contributed by atoms with E-state index in [0.717, 1.165) is 18.5 Å². The van der Waals surface area contributed by atoms with E-state index in [0.29, 0.717) is 0 Å².